The van der Waals surface area contributed by atoms with Crippen LogP contribution in [0.25, 0.3) is 61.7 Å². The number of hydrogen-bond acceptors (Lipinski definition) is 9. The highest BCUT2D eigenvalue weighted by Crippen LogP contribution is 2.42. The number of unbranched alkanes of at least 4 members (excludes halogenated alkanes) is 1. The van der Waals surface area contributed by atoms with E-state index >= 15 is 0 Å². The first-order valence-corrected chi connectivity index (χ1v) is 20.7. The van der Waals surface area contributed by atoms with Crippen LogP contribution in [0.2, 0.25) is 0 Å². The zero-order chi connectivity index (χ0) is 45.8. The number of oxazole rings is 1. The molecule has 0 saturated heterocycles. The summed E-state index contributed by atoms with van der Waals surface area (Å²) in [5, 5.41) is 10.4. The number of halogens is 1. The molecule has 62 heavy (non-hydrogen) atoms. The summed E-state index contributed by atoms with van der Waals surface area (Å²) in [5.74, 6) is 0.683. The summed E-state index contributed by atoms with van der Waals surface area (Å²) in [6, 6.07) is 23.8. The monoisotopic (exact) mass is 844 g/mol. The topological polar surface area (TPSA) is 136 Å². The number of furan rings is 1. The number of aldehydes is 1. The zero-order valence-electron chi connectivity index (χ0n) is 37.5. The Bertz CT molecular complexity index is 2450. The van der Waals surface area contributed by atoms with Crippen LogP contribution in [0.3, 0.4) is 0 Å². The molecule has 6 rings (SSSR count). The first-order chi connectivity index (χ1) is 29.8. The Kier molecular flexibility index (Phi) is 19.8. The molecule has 3 N–H and O–H groups in total. The molecule has 2 heterocycles. The van der Waals surface area contributed by atoms with E-state index in [2.05, 4.69) is 74.2 Å². The maximum absolute atomic E-state index is 13.8. The number of carbonyl (C=O) groups is 3. The molecule has 0 unspecified atom stereocenters. The maximum Gasteiger partial charge on any atom is 0.227 e. The Morgan fingerprint density at radius 3 is 2.26 bits per heavy atom. The van der Waals surface area contributed by atoms with Gasteiger partial charge in [-0.2, -0.15) is 0 Å². The van der Waals surface area contributed by atoms with Crippen molar-refractivity contribution >= 4 is 58.1 Å². The van der Waals surface area contributed by atoms with E-state index in [4.69, 9.17) is 28.1 Å². The normalized spacial score (nSPS) is 11.3. The predicted octanol–water partition coefficient (Wildman–Crippen LogP) is 12.5. The smallest absolute Gasteiger partial charge is 0.227 e. The van der Waals surface area contributed by atoms with Gasteiger partial charge >= 0.3 is 0 Å². The second-order valence-electron chi connectivity index (χ2n) is 15.2. The van der Waals surface area contributed by atoms with Gasteiger partial charge in [0.15, 0.2) is 5.58 Å². The highest BCUT2D eigenvalue weighted by Gasteiger charge is 2.22. The summed E-state index contributed by atoms with van der Waals surface area (Å²) in [5.41, 5.74) is 11.6. The van der Waals surface area contributed by atoms with Crippen LogP contribution in [0.1, 0.15) is 73.3 Å². The van der Waals surface area contributed by atoms with Gasteiger partial charge in [0.25, 0.3) is 0 Å². The number of nitrogens with one attached hydrogen (secondary N) is 3. The Balaban J connectivity index is 0.000000590. The van der Waals surface area contributed by atoms with E-state index < -0.39 is 0 Å². The fourth-order valence-electron chi connectivity index (χ4n) is 6.39. The minimum atomic E-state index is -0.322. The summed E-state index contributed by atoms with van der Waals surface area (Å²) < 4.78 is 31.5. The molecular weight excluding hydrogens is 784 g/mol. The lowest BCUT2D eigenvalue weighted by molar-refractivity contribution is -0.119. The van der Waals surface area contributed by atoms with Crippen molar-refractivity contribution in [3.63, 3.8) is 0 Å². The Labute approximate surface area is 365 Å². The van der Waals surface area contributed by atoms with Gasteiger partial charge in [-0.3, -0.25) is 4.79 Å². The van der Waals surface area contributed by atoms with Gasteiger partial charge in [0.2, 0.25) is 11.8 Å². The SMILES string of the molecule is C=C=C(NC)c1c(-c2ccc(F)cc2)oc2cc(NC)c(-c3cccc(-c4nc5cc(NC(=O)[C@@H](C)CCCC)ccc5o4)c3)cc12.C=O.CC=O.CCOC/C=C\C(C)(C)C. The van der Waals surface area contributed by atoms with Crippen molar-refractivity contribution in [1.82, 2.24) is 10.3 Å². The molecule has 11 heteroatoms. The largest absolute Gasteiger partial charge is 0.455 e. The summed E-state index contributed by atoms with van der Waals surface area (Å²) in [6.07, 6.45) is 7.93. The number of fused-ring (bicyclic) bond motifs is 2. The van der Waals surface area contributed by atoms with Crippen LogP contribution >= 0.6 is 0 Å². The molecule has 10 nitrogen and oxygen atoms in total. The van der Waals surface area contributed by atoms with E-state index in [1.807, 2.05) is 76.2 Å². The molecule has 0 bridgehead atoms. The van der Waals surface area contributed by atoms with Gasteiger partial charge in [-0.1, -0.05) is 78.3 Å². The Morgan fingerprint density at radius 2 is 1.65 bits per heavy atom. The first kappa shape index (κ1) is 49.8. The van der Waals surface area contributed by atoms with Crippen molar-refractivity contribution in [2.45, 2.75) is 67.7 Å². The van der Waals surface area contributed by atoms with E-state index in [1.54, 1.807) is 19.2 Å². The van der Waals surface area contributed by atoms with E-state index in [-0.39, 0.29) is 23.1 Å². The summed E-state index contributed by atoms with van der Waals surface area (Å²) in [4.78, 5) is 34.3. The van der Waals surface area contributed by atoms with Crippen LogP contribution in [0.15, 0.2) is 112 Å². The second-order valence-corrected chi connectivity index (χ2v) is 15.2. The third-order valence-corrected chi connectivity index (χ3v) is 9.43. The van der Waals surface area contributed by atoms with E-state index in [0.29, 0.717) is 39.7 Å². The van der Waals surface area contributed by atoms with Gasteiger partial charge in [0, 0.05) is 66.1 Å². The molecule has 6 aromatic rings. The molecule has 0 aliphatic carbocycles. The second kappa shape index (κ2) is 24.6. The molecule has 1 atom stereocenters. The number of nitrogens with zero attached hydrogens (tertiary/aromatic N) is 1. The summed E-state index contributed by atoms with van der Waals surface area (Å²) in [7, 11) is 3.67. The average Bonchev–Trinajstić information content (AvgIpc) is 3.87. The van der Waals surface area contributed by atoms with Crippen molar-refractivity contribution in [3.05, 3.63) is 115 Å². The van der Waals surface area contributed by atoms with Crippen LogP contribution in [-0.2, 0) is 19.1 Å². The number of aromatic nitrogens is 1. The highest BCUT2D eigenvalue weighted by atomic mass is 19.1. The van der Waals surface area contributed by atoms with Gasteiger partial charge < -0.3 is 39.1 Å². The molecule has 0 fully saturated rings. The Morgan fingerprint density at radius 1 is 0.952 bits per heavy atom. The zero-order valence-corrected chi connectivity index (χ0v) is 37.5. The van der Waals surface area contributed by atoms with Crippen molar-refractivity contribution in [2.75, 3.05) is 37.9 Å². The van der Waals surface area contributed by atoms with Crippen molar-refractivity contribution in [1.29, 1.82) is 0 Å². The van der Waals surface area contributed by atoms with E-state index in [1.165, 1.54) is 19.1 Å². The molecule has 0 spiro atoms. The number of amides is 1. The minimum Gasteiger partial charge on any atom is -0.455 e. The quantitative estimate of drug-likeness (QED) is 0.0424. The molecule has 0 aliphatic heterocycles. The lowest BCUT2D eigenvalue weighted by atomic mass is 9.96. The van der Waals surface area contributed by atoms with E-state index in [0.717, 1.165) is 77.7 Å². The average molecular weight is 845 g/mol. The van der Waals surface area contributed by atoms with Gasteiger partial charge in [-0.15, -0.1) is 5.73 Å². The molecule has 0 saturated carbocycles. The number of rotatable bonds is 14. The highest BCUT2D eigenvalue weighted by molar-refractivity contribution is 6.02. The third kappa shape index (κ3) is 13.7. The van der Waals surface area contributed by atoms with E-state index in [9.17, 15) is 9.18 Å². The molecule has 2 aromatic heterocycles. The molecule has 0 aliphatic rings. The van der Waals surface area contributed by atoms with Gasteiger partial charge in [0.05, 0.1) is 17.9 Å². The number of allylic oxidation sites excluding steroid dienone is 1. The number of carbonyl (C=O) groups excluding carboxylic acids is 3. The van der Waals surface area contributed by atoms with Gasteiger partial charge in [-0.25, -0.2) is 9.37 Å². The van der Waals surface area contributed by atoms with Crippen LogP contribution in [0, 0.1) is 17.2 Å². The fourth-order valence-corrected chi connectivity index (χ4v) is 6.39. The number of benzene rings is 4. The number of hydrogen-bond donors (Lipinski definition) is 3. The standard InChI is InChI=1S/C39H37FN4O3.C9H18O.C2H4O.CH2O/c1-6-8-10-23(3)38(45)43-28-17-18-34-33(20-28)44-39(47-34)26-12-9-11-25(19-26)29-21-30-35(22-32(29)42-5)46-37(36(30)31(7-2)41-4)24-13-15-27(40)16-14-24;1-5-10-8-6-7-9(2,3)4;1-2-3;1-2/h9,11-23,41-42H,2,6,8,10H2,1,3-5H3,(H,43,45);6-7H,5,8H2,1-4H3;2H,1H3;1H2/b;7-6-;;/t23-;;;/m0.../s1. The molecule has 0 radical (unpaired) electrons. The number of anilines is 2. The van der Waals surface area contributed by atoms with Crippen LogP contribution in [0.4, 0.5) is 15.8 Å². The van der Waals surface area contributed by atoms with Crippen LogP contribution in [-0.4, -0.2) is 51.3 Å². The third-order valence-electron chi connectivity index (χ3n) is 9.43. The van der Waals surface area contributed by atoms with Gasteiger partial charge in [0.1, 0.15) is 35.8 Å². The van der Waals surface area contributed by atoms with Crippen molar-refractivity contribution < 1.29 is 32.3 Å². The lowest BCUT2D eigenvalue weighted by Gasteiger charge is -2.11. The molecular formula is C51H61FN4O6. The summed E-state index contributed by atoms with van der Waals surface area (Å²) in [6.45, 7) is 21.5. The molecule has 1 amide bonds. The number of ether oxygens (including phenoxy) is 1. The lowest BCUT2D eigenvalue weighted by Crippen LogP contribution is -2.20. The maximum atomic E-state index is 13.8. The summed E-state index contributed by atoms with van der Waals surface area (Å²) >= 11 is 0. The van der Waals surface area contributed by atoms with Crippen LogP contribution in [0.5, 0.6) is 0 Å². The van der Waals surface area contributed by atoms with Crippen LogP contribution < -0.4 is 16.0 Å². The molecule has 328 valence electrons. The van der Waals surface area contributed by atoms with Gasteiger partial charge in [-0.05, 0) is 91.9 Å². The van der Waals surface area contributed by atoms with Crippen molar-refractivity contribution in [2.24, 2.45) is 11.3 Å². The predicted molar refractivity (Wildman–Crippen MR) is 252 cm³/mol. The Hall–Kier alpha value is -6.55. The fraction of sp³-hybridized carbons (Fsp3) is 0.314. The molecule has 4 aromatic carbocycles. The van der Waals surface area contributed by atoms with Crippen molar-refractivity contribution in [3.8, 4) is 33.9 Å². The minimum absolute atomic E-state index is 0.00233. The first-order valence-electron chi connectivity index (χ1n) is 20.7.